The number of aliphatic hydroxyl groups is 1. The third kappa shape index (κ3) is 2.57. The van der Waals surface area contributed by atoms with Crippen LogP contribution in [0.3, 0.4) is 0 Å². The van der Waals surface area contributed by atoms with E-state index in [2.05, 4.69) is 18.9 Å². The summed E-state index contributed by atoms with van der Waals surface area (Å²) in [5, 5.41) is 10.1. The molecule has 3 heteroatoms. The highest BCUT2D eigenvalue weighted by Crippen LogP contribution is 2.51. The van der Waals surface area contributed by atoms with Crippen molar-refractivity contribution in [3.05, 3.63) is 0 Å². The summed E-state index contributed by atoms with van der Waals surface area (Å²) in [5.41, 5.74) is 0.853. The van der Waals surface area contributed by atoms with Crippen molar-refractivity contribution in [3.63, 3.8) is 0 Å². The fraction of sp³-hybridized carbons (Fsp3) is 1.00. The van der Waals surface area contributed by atoms with Gasteiger partial charge >= 0.3 is 0 Å². The van der Waals surface area contributed by atoms with Crippen LogP contribution in [0.15, 0.2) is 0 Å². The summed E-state index contributed by atoms with van der Waals surface area (Å²) in [6.45, 7) is 5.25. The van der Waals surface area contributed by atoms with Crippen LogP contribution < -0.4 is 0 Å². The summed E-state index contributed by atoms with van der Waals surface area (Å²) in [6, 6.07) is 0.580. The van der Waals surface area contributed by atoms with Crippen molar-refractivity contribution in [1.29, 1.82) is 0 Å². The summed E-state index contributed by atoms with van der Waals surface area (Å²) in [4.78, 5) is 2.55. The minimum absolute atomic E-state index is 0.0795. The van der Waals surface area contributed by atoms with Crippen LogP contribution in [0.1, 0.15) is 51.9 Å². The van der Waals surface area contributed by atoms with Gasteiger partial charge in [-0.15, -0.1) is 0 Å². The maximum Gasteiger partial charge on any atom is 0.0555 e. The second kappa shape index (κ2) is 5.01. The molecule has 3 nitrogen and oxygen atoms in total. The number of hydrogen-bond donors (Lipinski definition) is 1. The molecule has 2 unspecified atom stereocenters. The van der Waals surface area contributed by atoms with E-state index in [0.717, 1.165) is 32.6 Å². The van der Waals surface area contributed by atoms with Crippen molar-refractivity contribution >= 4 is 0 Å². The van der Waals surface area contributed by atoms with E-state index in [-0.39, 0.29) is 6.10 Å². The molecular formula is C16H29NO2. The predicted molar refractivity (Wildman–Crippen MR) is 76.1 cm³/mol. The van der Waals surface area contributed by atoms with Gasteiger partial charge in [-0.3, -0.25) is 0 Å². The lowest BCUT2D eigenvalue weighted by atomic mass is 9.67. The van der Waals surface area contributed by atoms with Gasteiger partial charge in [-0.25, -0.2) is 0 Å². The van der Waals surface area contributed by atoms with Crippen molar-refractivity contribution in [2.24, 2.45) is 10.8 Å². The Bertz CT molecular complexity index is 321. The van der Waals surface area contributed by atoms with E-state index in [0.29, 0.717) is 16.9 Å². The normalized spacial score (nSPS) is 36.6. The van der Waals surface area contributed by atoms with Crippen LogP contribution in [0.4, 0.5) is 0 Å². The van der Waals surface area contributed by atoms with E-state index < -0.39 is 0 Å². The molecular weight excluding hydrogens is 238 g/mol. The molecule has 2 atom stereocenters. The molecule has 1 heterocycles. The zero-order valence-corrected chi connectivity index (χ0v) is 12.5. The summed E-state index contributed by atoms with van der Waals surface area (Å²) in [5.74, 6) is 0. The Morgan fingerprint density at radius 2 is 1.89 bits per heavy atom. The largest absolute Gasteiger partial charge is 0.393 e. The lowest BCUT2D eigenvalue weighted by Crippen LogP contribution is -2.56. The van der Waals surface area contributed by atoms with Gasteiger partial charge in [-0.05, 0) is 44.6 Å². The zero-order chi connectivity index (χ0) is 13.5. The zero-order valence-electron chi connectivity index (χ0n) is 12.5. The van der Waals surface area contributed by atoms with Crippen molar-refractivity contribution in [2.45, 2.75) is 64.0 Å². The van der Waals surface area contributed by atoms with Crippen LogP contribution in [0.5, 0.6) is 0 Å². The molecule has 1 N–H and O–H groups in total. The molecule has 2 aliphatic carbocycles. The molecule has 19 heavy (non-hydrogen) atoms. The maximum atomic E-state index is 10.1. The molecule has 0 aromatic heterocycles. The Morgan fingerprint density at radius 1 is 1.21 bits per heavy atom. The lowest BCUT2D eigenvalue weighted by molar-refractivity contribution is -0.127. The second-order valence-corrected chi connectivity index (χ2v) is 7.73. The molecule has 0 bridgehead atoms. The second-order valence-electron chi connectivity index (χ2n) is 7.73. The van der Waals surface area contributed by atoms with Crippen LogP contribution in [-0.2, 0) is 4.74 Å². The summed E-state index contributed by atoms with van der Waals surface area (Å²) in [7, 11) is 2.27. The molecule has 0 radical (unpaired) electrons. The minimum atomic E-state index is -0.0795. The summed E-state index contributed by atoms with van der Waals surface area (Å²) >= 11 is 0. The van der Waals surface area contributed by atoms with Crippen molar-refractivity contribution in [1.82, 2.24) is 4.90 Å². The highest BCUT2D eigenvalue weighted by Gasteiger charge is 2.48. The molecule has 110 valence electrons. The van der Waals surface area contributed by atoms with E-state index in [4.69, 9.17) is 4.74 Å². The molecule has 3 aliphatic rings. The van der Waals surface area contributed by atoms with Gasteiger partial charge in [0, 0.05) is 18.0 Å². The number of ether oxygens (including phenoxy) is 1. The molecule has 3 fully saturated rings. The first-order chi connectivity index (χ1) is 9.03. The first-order valence-corrected chi connectivity index (χ1v) is 7.99. The van der Waals surface area contributed by atoms with Gasteiger partial charge in [-0.1, -0.05) is 19.8 Å². The predicted octanol–water partition coefficient (Wildman–Crippen LogP) is 2.43. The number of nitrogens with zero attached hydrogens (tertiary/aromatic N) is 1. The minimum Gasteiger partial charge on any atom is -0.393 e. The van der Waals surface area contributed by atoms with Gasteiger partial charge in [-0.2, -0.15) is 0 Å². The average molecular weight is 267 g/mol. The van der Waals surface area contributed by atoms with Crippen molar-refractivity contribution < 1.29 is 9.84 Å². The Morgan fingerprint density at radius 3 is 2.47 bits per heavy atom. The van der Waals surface area contributed by atoms with Gasteiger partial charge in [0.15, 0.2) is 0 Å². The van der Waals surface area contributed by atoms with E-state index in [1.807, 2.05) is 0 Å². The highest BCUT2D eigenvalue weighted by atomic mass is 16.5. The van der Waals surface area contributed by atoms with Crippen LogP contribution >= 0.6 is 0 Å². The molecule has 1 spiro atoms. The van der Waals surface area contributed by atoms with Crippen LogP contribution in [0.2, 0.25) is 0 Å². The fourth-order valence-electron chi connectivity index (χ4n) is 4.81. The van der Waals surface area contributed by atoms with Gasteiger partial charge in [0.2, 0.25) is 0 Å². The van der Waals surface area contributed by atoms with E-state index in [9.17, 15) is 5.11 Å². The van der Waals surface area contributed by atoms with E-state index in [1.54, 1.807) is 0 Å². The Labute approximate surface area is 117 Å². The number of hydrogen-bond acceptors (Lipinski definition) is 3. The van der Waals surface area contributed by atoms with Crippen molar-refractivity contribution in [2.75, 3.05) is 26.8 Å². The third-order valence-electron chi connectivity index (χ3n) is 5.84. The highest BCUT2D eigenvalue weighted by molar-refractivity contribution is 5.01. The van der Waals surface area contributed by atoms with Crippen LogP contribution in [0, 0.1) is 10.8 Å². The fourth-order valence-corrected chi connectivity index (χ4v) is 4.81. The third-order valence-corrected chi connectivity index (χ3v) is 5.84. The average Bonchev–Trinajstić information content (AvgIpc) is 2.80. The maximum absolute atomic E-state index is 10.1. The first-order valence-electron chi connectivity index (χ1n) is 7.99. The summed E-state index contributed by atoms with van der Waals surface area (Å²) < 4.78 is 5.39. The smallest absolute Gasteiger partial charge is 0.0555 e. The monoisotopic (exact) mass is 267 g/mol. The van der Waals surface area contributed by atoms with Gasteiger partial charge in [0.1, 0.15) is 0 Å². The quantitative estimate of drug-likeness (QED) is 0.852. The van der Waals surface area contributed by atoms with Gasteiger partial charge in [0.05, 0.1) is 19.3 Å². The molecule has 0 aromatic rings. The molecule has 3 rings (SSSR count). The van der Waals surface area contributed by atoms with Gasteiger partial charge < -0.3 is 14.7 Å². The number of aliphatic hydroxyl groups excluding tert-OH is 1. The van der Waals surface area contributed by atoms with Gasteiger partial charge in [0.25, 0.3) is 0 Å². The van der Waals surface area contributed by atoms with Crippen molar-refractivity contribution in [3.8, 4) is 0 Å². The lowest BCUT2D eigenvalue weighted by Gasteiger charge is -2.51. The Hall–Kier alpha value is -0.120. The van der Waals surface area contributed by atoms with E-state index in [1.165, 1.54) is 32.1 Å². The summed E-state index contributed by atoms with van der Waals surface area (Å²) in [6.07, 6.45) is 8.68. The molecule has 1 aliphatic heterocycles. The molecule has 0 aromatic carbocycles. The molecule has 0 amide bonds. The SMILES string of the molecule is CN(CC1(C)COC1)C1CC(O)CCC12CCCC2. The molecule has 1 saturated heterocycles. The standard InChI is InChI=1S/C16H29NO2/c1-15(11-19-12-15)10-17(2)14-9-13(18)5-8-16(14)6-3-4-7-16/h13-14,18H,3-12H2,1-2H3. The van der Waals surface area contributed by atoms with Crippen LogP contribution in [-0.4, -0.2) is 49.0 Å². The topological polar surface area (TPSA) is 32.7 Å². The Kier molecular flexibility index (Phi) is 3.65. The van der Waals surface area contributed by atoms with Crippen LogP contribution in [0.25, 0.3) is 0 Å². The van der Waals surface area contributed by atoms with E-state index >= 15 is 0 Å². The molecule has 2 saturated carbocycles. The first kappa shape index (κ1) is 13.8. The number of rotatable bonds is 3. The Balaban J connectivity index is 1.71.